The summed E-state index contributed by atoms with van der Waals surface area (Å²) in [6, 6.07) is 21.2. The second-order valence-electron chi connectivity index (χ2n) is 6.55. The highest BCUT2D eigenvalue weighted by Crippen LogP contribution is 2.30. The number of carbonyl (C=O) groups is 1. The van der Waals surface area contributed by atoms with Crippen molar-refractivity contribution in [3.8, 4) is 11.3 Å². The van der Waals surface area contributed by atoms with Gasteiger partial charge in [0.2, 0.25) is 5.91 Å². The monoisotopic (exact) mass is 453 g/mol. The van der Waals surface area contributed by atoms with E-state index in [1.165, 1.54) is 0 Å². The number of nitrogens with zero attached hydrogens (tertiary/aromatic N) is 2. The van der Waals surface area contributed by atoms with Crippen LogP contribution in [-0.2, 0) is 11.3 Å². The Bertz CT molecular complexity index is 1170. The first kappa shape index (κ1) is 18.7. The molecule has 1 aromatic heterocycles. The van der Waals surface area contributed by atoms with Crippen molar-refractivity contribution in [1.29, 1.82) is 0 Å². The number of halogens is 2. The minimum Gasteiger partial charge on any atom is -0.324 e. The number of hydrogen-bond acceptors (Lipinski definition) is 2. The van der Waals surface area contributed by atoms with E-state index in [1.54, 1.807) is 4.68 Å². The molecule has 6 heteroatoms. The number of amides is 1. The van der Waals surface area contributed by atoms with E-state index in [1.807, 2.05) is 73.7 Å². The predicted molar refractivity (Wildman–Crippen MR) is 118 cm³/mol. The first-order valence-electron chi connectivity index (χ1n) is 8.79. The highest BCUT2D eigenvalue weighted by molar-refractivity contribution is 9.10. The van der Waals surface area contributed by atoms with Crippen LogP contribution in [0.5, 0.6) is 0 Å². The lowest BCUT2D eigenvalue weighted by atomic mass is 10.1. The van der Waals surface area contributed by atoms with Gasteiger partial charge < -0.3 is 5.32 Å². The van der Waals surface area contributed by atoms with Gasteiger partial charge in [-0.2, -0.15) is 5.10 Å². The van der Waals surface area contributed by atoms with Gasteiger partial charge in [0.15, 0.2) is 0 Å². The molecular weight excluding hydrogens is 438 g/mol. The van der Waals surface area contributed by atoms with Crippen molar-refractivity contribution in [2.24, 2.45) is 0 Å². The molecule has 0 unspecified atom stereocenters. The van der Waals surface area contributed by atoms with Crippen molar-refractivity contribution in [2.75, 3.05) is 5.32 Å². The van der Waals surface area contributed by atoms with Crippen LogP contribution in [0.3, 0.4) is 0 Å². The number of fused-ring (bicyclic) bond motifs is 1. The molecule has 1 heterocycles. The average molecular weight is 455 g/mol. The van der Waals surface area contributed by atoms with Gasteiger partial charge in [-0.15, -0.1) is 0 Å². The first-order chi connectivity index (χ1) is 13.5. The van der Waals surface area contributed by atoms with Gasteiger partial charge in [0.1, 0.15) is 12.2 Å². The van der Waals surface area contributed by atoms with Crippen LogP contribution < -0.4 is 5.32 Å². The number of carbonyl (C=O) groups excluding carboxylic acids is 1. The van der Waals surface area contributed by atoms with Crippen molar-refractivity contribution < 1.29 is 4.79 Å². The standard InChI is InChI=1S/C22H17BrClN3O/c1-14-11-17(8-9-19(14)23)25-21(28)13-27-20-10-7-16(24)12-18(20)22(26-27)15-5-3-2-4-6-15/h2-12H,13H2,1H3,(H,25,28). The SMILES string of the molecule is Cc1cc(NC(=O)Cn2nc(-c3ccccc3)c3cc(Cl)ccc32)ccc1Br. The van der Waals surface area contributed by atoms with Crippen LogP contribution in [0.4, 0.5) is 5.69 Å². The maximum atomic E-state index is 12.6. The van der Waals surface area contributed by atoms with E-state index in [2.05, 4.69) is 21.2 Å². The summed E-state index contributed by atoms with van der Waals surface area (Å²) in [5.41, 5.74) is 4.48. The van der Waals surface area contributed by atoms with Crippen LogP contribution in [0.25, 0.3) is 22.2 Å². The molecule has 4 aromatic rings. The van der Waals surface area contributed by atoms with Gasteiger partial charge in [-0.25, -0.2) is 0 Å². The molecule has 3 aromatic carbocycles. The molecular formula is C22H17BrClN3O. The topological polar surface area (TPSA) is 46.9 Å². The third kappa shape index (κ3) is 3.81. The van der Waals surface area contributed by atoms with E-state index < -0.39 is 0 Å². The van der Waals surface area contributed by atoms with Crippen molar-refractivity contribution in [2.45, 2.75) is 13.5 Å². The molecule has 0 aliphatic carbocycles. The van der Waals surface area contributed by atoms with Gasteiger partial charge in [-0.3, -0.25) is 9.48 Å². The molecule has 4 rings (SSSR count). The zero-order chi connectivity index (χ0) is 19.7. The third-order valence-corrected chi connectivity index (χ3v) is 5.62. The number of nitrogens with one attached hydrogen (secondary N) is 1. The Labute approximate surface area is 176 Å². The highest BCUT2D eigenvalue weighted by atomic mass is 79.9. The van der Waals surface area contributed by atoms with Crippen molar-refractivity contribution >= 4 is 50.0 Å². The lowest BCUT2D eigenvalue weighted by molar-refractivity contribution is -0.116. The first-order valence-corrected chi connectivity index (χ1v) is 9.96. The van der Waals surface area contributed by atoms with E-state index in [9.17, 15) is 4.79 Å². The molecule has 0 aliphatic rings. The van der Waals surface area contributed by atoms with E-state index in [4.69, 9.17) is 16.7 Å². The second-order valence-corrected chi connectivity index (χ2v) is 7.84. The number of rotatable bonds is 4. The summed E-state index contributed by atoms with van der Waals surface area (Å²) in [5.74, 6) is -0.138. The summed E-state index contributed by atoms with van der Waals surface area (Å²) in [4.78, 5) is 12.6. The van der Waals surface area contributed by atoms with Gasteiger partial charge >= 0.3 is 0 Å². The summed E-state index contributed by atoms with van der Waals surface area (Å²) in [6.45, 7) is 2.09. The average Bonchev–Trinajstić information content (AvgIpc) is 3.03. The molecule has 0 aliphatic heterocycles. The van der Waals surface area contributed by atoms with E-state index in [0.717, 1.165) is 37.9 Å². The zero-order valence-electron chi connectivity index (χ0n) is 15.1. The second kappa shape index (κ2) is 7.78. The fraction of sp³-hybridized carbons (Fsp3) is 0.0909. The molecule has 0 fully saturated rings. The number of aromatic nitrogens is 2. The fourth-order valence-electron chi connectivity index (χ4n) is 3.14. The quantitative estimate of drug-likeness (QED) is 0.407. The van der Waals surface area contributed by atoms with Gasteiger partial charge in [-0.1, -0.05) is 57.9 Å². The molecule has 140 valence electrons. The van der Waals surface area contributed by atoms with Crippen LogP contribution in [0.2, 0.25) is 5.02 Å². The minimum atomic E-state index is -0.138. The Morgan fingerprint density at radius 3 is 2.64 bits per heavy atom. The van der Waals surface area contributed by atoms with Crippen molar-refractivity contribution in [3.63, 3.8) is 0 Å². The normalized spacial score (nSPS) is 11.0. The lowest BCUT2D eigenvalue weighted by Gasteiger charge is -2.08. The van der Waals surface area contributed by atoms with Gasteiger partial charge in [0.25, 0.3) is 0 Å². The molecule has 0 radical (unpaired) electrons. The number of hydrogen-bond donors (Lipinski definition) is 1. The summed E-state index contributed by atoms with van der Waals surface area (Å²) in [6.07, 6.45) is 0. The maximum absolute atomic E-state index is 12.6. The number of anilines is 1. The summed E-state index contributed by atoms with van der Waals surface area (Å²) in [7, 11) is 0. The molecule has 4 nitrogen and oxygen atoms in total. The molecule has 28 heavy (non-hydrogen) atoms. The largest absolute Gasteiger partial charge is 0.324 e. The number of aryl methyl sites for hydroxylation is 1. The van der Waals surface area contributed by atoms with Crippen LogP contribution in [0.15, 0.2) is 71.2 Å². The van der Waals surface area contributed by atoms with Crippen LogP contribution in [0.1, 0.15) is 5.56 Å². The molecule has 0 spiro atoms. The van der Waals surface area contributed by atoms with Gasteiger partial charge in [-0.05, 0) is 48.9 Å². The molecule has 1 N–H and O–H groups in total. The molecule has 0 saturated heterocycles. The Morgan fingerprint density at radius 2 is 1.89 bits per heavy atom. The summed E-state index contributed by atoms with van der Waals surface area (Å²) in [5, 5.41) is 9.20. The van der Waals surface area contributed by atoms with Gasteiger partial charge in [0.05, 0.1) is 5.52 Å². The minimum absolute atomic E-state index is 0.111. The number of benzene rings is 3. The molecule has 0 bridgehead atoms. The Morgan fingerprint density at radius 1 is 1.11 bits per heavy atom. The van der Waals surface area contributed by atoms with Crippen molar-refractivity contribution in [1.82, 2.24) is 9.78 Å². The summed E-state index contributed by atoms with van der Waals surface area (Å²) >= 11 is 9.68. The van der Waals surface area contributed by atoms with E-state index >= 15 is 0 Å². The zero-order valence-corrected chi connectivity index (χ0v) is 17.5. The highest BCUT2D eigenvalue weighted by Gasteiger charge is 2.15. The molecule has 0 atom stereocenters. The van der Waals surface area contributed by atoms with Gasteiger partial charge in [0, 0.05) is 26.1 Å². The lowest BCUT2D eigenvalue weighted by Crippen LogP contribution is -2.19. The van der Waals surface area contributed by atoms with Crippen LogP contribution >= 0.6 is 27.5 Å². The van der Waals surface area contributed by atoms with Crippen molar-refractivity contribution in [3.05, 3.63) is 81.8 Å². The van der Waals surface area contributed by atoms with E-state index in [0.29, 0.717) is 5.02 Å². The van der Waals surface area contributed by atoms with Crippen LogP contribution in [-0.4, -0.2) is 15.7 Å². The molecule has 1 amide bonds. The predicted octanol–water partition coefficient (Wildman–Crippen LogP) is 6.07. The molecule has 0 saturated carbocycles. The third-order valence-electron chi connectivity index (χ3n) is 4.49. The van der Waals surface area contributed by atoms with Crippen LogP contribution in [0, 0.1) is 6.92 Å². The maximum Gasteiger partial charge on any atom is 0.246 e. The van der Waals surface area contributed by atoms with E-state index in [-0.39, 0.29) is 12.5 Å². The smallest absolute Gasteiger partial charge is 0.246 e. The Hall–Kier alpha value is -2.63. The Kier molecular flexibility index (Phi) is 5.20. The summed E-state index contributed by atoms with van der Waals surface area (Å²) < 4.78 is 2.72. The Balaban J connectivity index is 1.67. The fourth-order valence-corrected chi connectivity index (χ4v) is 3.56.